The molecule has 0 spiro atoms. The second-order valence-corrected chi connectivity index (χ2v) is 9.67. The van der Waals surface area contributed by atoms with E-state index in [1.54, 1.807) is 18.7 Å². The van der Waals surface area contributed by atoms with Gasteiger partial charge in [-0.15, -0.1) is 11.8 Å². The molecular weight excluding hydrogens is 405 g/mol. The molecule has 2 aliphatic rings. The number of ether oxygens (including phenoxy) is 1. The van der Waals surface area contributed by atoms with Crippen LogP contribution in [-0.4, -0.2) is 36.3 Å². The highest BCUT2D eigenvalue weighted by Crippen LogP contribution is 2.43. The molecule has 154 valence electrons. The van der Waals surface area contributed by atoms with Crippen LogP contribution < -0.4 is 9.61 Å². The molecule has 3 rings (SSSR count). The number of nitrogens with one attached hydrogen (secondary N) is 1. The van der Waals surface area contributed by atoms with Crippen molar-refractivity contribution in [1.82, 2.24) is 5.09 Å². The first-order chi connectivity index (χ1) is 14.1. The number of thioether (sulfide) groups is 1. The van der Waals surface area contributed by atoms with Crippen molar-refractivity contribution in [1.29, 1.82) is 0 Å². The fourth-order valence-corrected chi connectivity index (χ4v) is 5.78. The van der Waals surface area contributed by atoms with Gasteiger partial charge >= 0.3 is 5.97 Å². The highest BCUT2D eigenvalue weighted by molar-refractivity contribution is 8.04. The zero-order valence-corrected chi connectivity index (χ0v) is 18.3. The molecule has 0 amide bonds. The summed E-state index contributed by atoms with van der Waals surface area (Å²) in [4.78, 5) is 24.1. The molecule has 0 radical (unpaired) electrons. The van der Waals surface area contributed by atoms with E-state index in [9.17, 15) is 9.59 Å². The number of hydrogen-bond acceptors (Lipinski definition) is 6. The van der Waals surface area contributed by atoms with Gasteiger partial charge in [0, 0.05) is 22.2 Å². The fourth-order valence-electron chi connectivity index (χ4n) is 3.04. The lowest BCUT2D eigenvalue weighted by Crippen LogP contribution is -2.34. The molecular formula is C22H26NO4PS. The van der Waals surface area contributed by atoms with Crippen LogP contribution in [0.4, 0.5) is 0 Å². The molecule has 1 heterocycles. The molecule has 4 unspecified atom stereocenters. The summed E-state index contributed by atoms with van der Waals surface area (Å²) >= 11 is 1.60. The third kappa shape index (κ3) is 6.30. The maximum Gasteiger partial charge on any atom is 0.323 e. The second-order valence-electron chi connectivity index (χ2n) is 6.91. The number of benzene rings is 1. The van der Waals surface area contributed by atoms with Crippen molar-refractivity contribution in [3.8, 4) is 5.75 Å². The van der Waals surface area contributed by atoms with E-state index in [0.717, 1.165) is 28.9 Å². The highest BCUT2D eigenvalue weighted by atomic mass is 32.2. The van der Waals surface area contributed by atoms with E-state index in [4.69, 9.17) is 9.26 Å². The number of para-hydroxylation sites is 1. The topological polar surface area (TPSA) is 64.6 Å². The van der Waals surface area contributed by atoms with Gasteiger partial charge in [0.25, 0.3) is 0 Å². The lowest BCUT2D eigenvalue weighted by Gasteiger charge is -2.25. The van der Waals surface area contributed by atoms with Crippen LogP contribution >= 0.6 is 20.1 Å². The van der Waals surface area contributed by atoms with Gasteiger partial charge in [-0.05, 0) is 31.1 Å². The van der Waals surface area contributed by atoms with Crippen LogP contribution in [0.2, 0.25) is 0 Å². The first kappa shape index (κ1) is 21.8. The van der Waals surface area contributed by atoms with Crippen molar-refractivity contribution in [3.05, 3.63) is 65.1 Å². The zero-order valence-electron chi connectivity index (χ0n) is 16.6. The highest BCUT2D eigenvalue weighted by Gasteiger charge is 2.29. The first-order valence-electron chi connectivity index (χ1n) is 9.75. The molecule has 5 nitrogen and oxygen atoms in total. The Labute approximate surface area is 177 Å². The van der Waals surface area contributed by atoms with Crippen molar-refractivity contribution in [2.24, 2.45) is 5.92 Å². The Morgan fingerprint density at radius 2 is 2.10 bits per heavy atom. The van der Waals surface area contributed by atoms with E-state index in [1.807, 2.05) is 43.3 Å². The van der Waals surface area contributed by atoms with Crippen LogP contribution in [0, 0.1) is 5.92 Å². The molecule has 29 heavy (non-hydrogen) atoms. The van der Waals surface area contributed by atoms with Gasteiger partial charge in [-0.25, -0.2) is 0 Å². The molecule has 4 atom stereocenters. The Bertz CT molecular complexity index is 808. The van der Waals surface area contributed by atoms with Gasteiger partial charge in [0.2, 0.25) is 0 Å². The summed E-state index contributed by atoms with van der Waals surface area (Å²) in [5.41, 5.74) is 1.14. The fraction of sp³-hybridized carbons (Fsp3) is 0.364. The molecule has 0 saturated carbocycles. The normalized spacial score (nSPS) is 22.1. The van der Waals surface area contributed by atoms with Crippen LogP contribution in [0.25, 0.3) is 0 Å². The number of allylic oxidation sites excluding steroid dienone is 5. The van der Waals surface area contributed by atoms with Crippen molar-refractivity contribution < 1.29 is 18.8 Å². The number of rotatable bonds is 10. The molecule has 1 aromatic rings. The van der Waals surface area contributed by atoms with Crippen molar-refractivity contribution in [3.63, 3.8) is 0 Å². The number of carbonyl (C=O) groups excluding carboxylic acids is 2. The van der Waals surface area contributed by atoms with Crippen LogP contribution in [0.15, 0.2) is 65.1 Å². The maximum absolute atomic E-state index is 12.2. The molecule has 0 saturated heterocycles. The van der Waals surface area contributed by atoms with Gasteiger partial charge in [-0.1, -0.05) is 49.4 Å². The average molecular weight is 431 g/mol. The second kappa shape index (κ2) is 10.8. The summed E-state index contributed by atoms with van der Waals surface area (Å²) < 4.78 is 11.4. The van der Waals surface area contributed by atoms with Gasteiger partial charge in [-0.3, -0.25) is 14.7 Å². The third-order valence-electron chi connectivity index (χ3n) is 4.46. The molecule has 7 heteroatoms. The quantitative estimate of drug-likeness (QED) is 0.331. The SMILES string of the molecule is CCCOC(=O)C(C)NP(CC1=CC2C=C(C=O)SC2C=C1)Oc1ccccc1. The van der Waals surface area contributed by atoms with Gasteiger partial charge in [-0.2, -0.15) is 0 Å². The van der Waals surface area contributed by atoms with Crippen LogP contribution in [0.5, 0.6) is 5.75 Å². The lowest BCUT2D eigenvalue weighted by atomic mass is 9.96. The number of carbonyl (C=O) groups is 2. The Kier molecular flexibility index (Phi) is 8.10. The predicted octanol–water partition coefficient (Wildman–Crippen LogP) is 4.62. The molecule has 0 bridgehead atoms. The van der Waals surface area contributed by atoms with Gasteiger partial charge in [0.1, 0.15) is 11.8 Å². The minimum absolute atomic E-state index is 0.223. The summed E-state index contributed by atoms with van der Waals surface area (Å²) in [7, 11) is -1.15. The zero-order chi connectivity index (χ0) is 20.6. The minimum Gasteiger partial charge on any atom is -0.465 e. The molecule has 1 aliphatic heterocycles. The molecule has 1 aromatic carbocycles. The molecule has 1 aliphatic carbocycles. The summed E-state index contributed by atoms with van der Waals surface area (Å²) in [6.45, 7) is 4.19. The molecule has 1 N–H and O–H groups in total. The van der Waals surface area contributed by atoms with Crippen molar-refractivity contribution in [2.75, 3.05) is 12.8 Å². The molecule has 0 aromatic heterocycles. The Morgan fingerprint density at radius 3 is 2.83 bits per heavy atom. The van der Waals surface area contributed by atoms with Crippen molar-refractivity contribution in [2.45, 2.75) is 31.6 Å². The van der Waals surface area contributed by atoms with E-state index < -0.39 is 14.3 Å². The average Bonchev–Trinajstić information content (AvgIpc) is 3.15. The standard InChI is InChI=1S/C22H26NO4PS/c1-3-11-26-22(25)16(2)23-28(27-19-7-5-4-6-8-19)15-17-9-10-21-18(12-17)13-20(14-24)29-21/h4-10,12-14,16,18,21,23H,3,11,15H2,1-2H3. The Hall–Kier alpha value is -1.88. The van der Waals surface area contributed by atoms with Crippen LogP contribution in [0.1, 0.15) is 20.3 Å². The van der Waals surface area contributed by atoms with Crippen molar-refractivity contribution >= 4 is 32.3 Å². The summed E-state index contributed by atoms with van der Waals surface area (Å²) in [5.74, 6) is 0.716. The van der Waals surface area contributed by atoms with Crippen LogP contribution in [0.3, 0.4) is 0 Å². The Morgan fingerprint density at radius 1 is 1.31 bits per heavy atom. The summed E-state index contributed by atoms with van der Waals surface area (Å²) in [5, 5.41) is 3.61. The lowest BCUT2D eigenvalue weighted by molar-refractivity contribution is -0.145. The molecule has 0 fully saturated rings. The largest absolute Gasteiger partial charge is 0.465 e. The number of esters is 1. The number of hydrogen-bond donors (Lipinski definition) is 1. The van der Waals surface area contributed by atoms with Gasteiger partial charge < -0.3 is 9.26 Å². The number of fused-ring (bicyclic) bond motifs is 1. The summed E-state index contributed by atoms with van der Waals surface area (Å²) in [6, 6.07) is 9.15. The third-order valence-corrected chi connectivity index (χ3v) is 7.46. The van der Waals surface area contributed by atoms with E-state index in [-0.39, 0.29) is 17.1 Å². The van der Waals surface area contributed by atoms with E-state index in [0.29, 0.717) is 12.8 Å². The number of aldehydes is 1. The smallest absolute Gasteiger partial charge is 0.323 e. The van der Waals surface area contributed by atoms with Gasteiger partial charge in [0.15, 0.2) is 14.6 Å². The monoisotopic (exact) mass is 431 g/mol. The maximum atomic E-state index is 12.2. The Balaban J connectivity index is 1.69. The van der Waals surface area contributed by atoms with E-state index in [1.165, 1.54) is 0 Å². The minimum atomic E-state index is -1.15. The van der Waals surface area contributed by atoms with E-state index in [2.05, 4.69) is 23.3 Å². The first-order valence-corrected chi connectivity index (χ1v) is 12.1. The van der Waals surface area contributed by atoms with E-state index >= 15 is 0 Å². The predicted molar refractivity (Wildman–Crippen MR) is 119 cm³/mol. The van der Waals surface area contributed by atoms with Crippen LogP contribution in [-0.2, 0) is 14.3 Å². The van der Waals surface area contributed by atoms with Gasteiger partial charge in [0.05, 0.1) is 6.61 Å². The summed E-state index contributed by atoms with van der Waals surface area (Å²) in [6.07, 6.45) is 10.8.